The predicted octanol–water partition coefficient (Wildman–Crippen LogP) is 6.70. The number of aliphatic hydroxyl groups excluding tert-OH is 1. The number of hydrogen-bond donors (Lipinski definition) is 6. The molecule has 1 aliphatic rings. The van der Waals surface area contributed by atoms with E-state index in [0.29, 0.717) is 80.3 Å². The van der Waals surface area contributed by atoms with Crippen molar-refractivity contribution in [3.8, 4) is 16.9 Å². The third kappa shape index (κ3) is 12.0. The number of anilines is 2. The number of likely N-dealkylation sites (tertiary alicyclic amines) is 1. The molecular weight excluding hydrogens is 749 g/mol. The molecule has 1 aromatic heterocycles. The molecule has 6 rings (SSSR count). The fourth-order valence-electron chi connectivity index (χ4n) is 7.41. The summed E-state index contributed by atoms with van der Waals surface area (Å²) >= 11 is 0. The van der Waals surface area contributed by atoms with Gasteiger partial charge in [-0.2, -0.15) is 0 Å². The standard InChI is InChI=1S/C46H54N6O7/c1-31-28-32(29-47-30-41(54)36-16-19-40(53)45-37(36)17-20-43(56)50-45)15-18-38(31)48-42(55)14-8-9-24-51(2)44(57)23-27-52-25-21-34(22-26-52)59-46(58)49-39-13-7-6-12-35(39)33-10-4-3-5-11-33/h3-7,10-13,15-20,28,34,41,47,53-54H,8-9,14,21-27,29-30H2,1-2H3,(H,48,55)(H,49,58)(H,50,56). The fraction of sp³-hybridized carbons (Fsp3) is 0.348. The quantitative estimate of drug-likeness (QED) is 0.0559. The van der Waals surface area contributed by atoms with Gasteiger partial charge < -0.3 is 40.4 Å². The third-order valence-corrected chi connectivity index (χ3v) is 10.8. The first-order valence-electron chi connectivity index (χ1n) is 20.3. The molecule has 13 nitrogen and oxygen atoms in total. The number of rotatable bonds is 17. The Morgan fingerprint density at radius 3 is 2.44 bits per heavy atom. The lowest BCUT2D eigenvalue weighted by Gasteiger charge is -2.31. The second kappa shape index (κ2) is 20.6. The van der Waals surface area contributed by atoms with Crippen LogP contribution >= 0.6 is 0 Å². The lowest BCUT2D eigenvalue weighted by atomic mass is 10.0. The van der Waals surface area contributed by atoms with Crippen LogP contribution in [0.3, 0.4) is 0 Å². The molecule has 0 aliphatic carbocycles. The fourth-order valence-corrected chi connectivity index (χ4v) is 7.41. The van der Waals surface area contributed by atoms with Crippen LogP contribution in [0.1, 0.15) is 61.3 Å². The molecule has 59 heavy (non-hydrogen) atoms. The average molecular weight is 803 g/mol. The van der Waals surface area contributed by atoms with Gasteiger partial charge in [0, 0.05) is 81.9 Å². The Morgan fingerprint density at radius 1 is 0.898 bits per heavy atom. The summed E-state index contributed by atoms with van der Waals surface area (Å²) in [5.41, 5.74) is 5.84. The molecule has 13 heteroatoms. The molecule has 1 unspecified atom stereocenters. The number of benzene rings is 4. The second-order valence-corrected chi connectivity index (χ2v) is 15.1. The number of unbranched alkanes of at least 4 members (excludes halogenated alkanes) is 1. The highest BCUT2D eigenvalue weighted by Crippen LogP contribution is 2.30. The highest BCUT2D eigenvalue weighted by atomic mass is 16.6. The Kier molecular flexibility index (Phi) is 14.9. The number of fused-ring (bicyclic) bond motifs is 1. The molecule has 5 aromatic rings. The number of phenols is 1. The SMILES string of the molecule is Cc1cc(CNCC(O)c2ccc(O)c3[nH]c(=O)ccc23)ccc1NC(=O)CCCCN(C)C(=O)CCN1CCC(OC(=O)Nc2ccccc2-c2ccccc2)CC1. The Balaban J connectivity index is 0.830. The largest absolute Gasteiger partial charge is 0.506 e. The van der Waals surface area contributed by atoms with Crippen molar-refractivity contribution < 1.29 is 29.3 Å². The first-order valence-corrected chi connectivity index (χ1v) is 20.3. The van der Waals surface area contributed by atoms with E-state index in [9.17, 15) is 29.4 Å². The van der Waals surface area contributed by atoms with Crippen LogP contribution in [0, 0.1) is 6.92 Å². The van der Waals surface area contributed by atoms with Crippen molar-refractivity contribution in [3.05, 3.63) is 124 Å². The maximum atomic E-state index is 12.9. The molecular formula is C46H54N6O7. The molecule has 4 aromatic carbocycles. The number of H-pyrrole nitrogens is 1. The van der Waals surface area contributed by atoms with E-state index < -0.39 is 12.2 Å². The van der Waals surface area contributed by atoms with Gasteiger partial charge >= 0.3 is 6.09 Å². The summed E-state index contributed by atoms with van der Waals surface area (Å²) in [6.07, 6.45) is 2.02. The van der Waals surface area contributed by atoms with E-state index in [1.165, 1.54) is 12.1 Å². The minimum absolute atomic E-state index is 0.0566. The summed E-state index contributed by atoms with van der Waals surface area (Å²) in [6, 6.07) is 29.4. The van der Waals surface area contributed by atoms with E-state index in [0.717, 1.165) is 41.0 Å². The molecule has 0 bridgehead atoms. The van der Waals surface area contributed by atoms with Crippen molar-refractivity contribution in [2.45, 2.75) is 64.2 Å². The summed E-state index contributed by atoms with van der Waals surface area (Å²) in [6.45, 7) is 5.39. The van der Waals surface area contributed by atoms with Crippen LogP contribution in [-0.4, -0.2) is 88.8 Å². The Bertz CT molecular complexity index is 2270. The Hall–Kier alpha value is -6.02. The number of aromatic amines is 1. The number of para-hydroxylation sites is 1. The first-order chi connectivity index (χ1) is 28.5. The van der Waals surface area contributed by atoms with Crippen LogP contribution in [0.15, 0.2) is 102 Å². The molecule has 0 radical (unpaired) electrons. The second-order valence-electron chi connectivity index (χ2n) is 15.1. The maximum Gasteiger partial charge on any atom is 0.411 e. The number of amides is 3. The number of nitrogens with zero attached hydrogens (tertiary/aromatic N) is 2. The van der Waals surface area contributed by atoms with Crippen molar-refractivity contribution >= 4 is 40.2 Å². The molecule has 0 spiro atoms. The van der Waals surface area contributed by atoms with Gasteiger partial charge in [-0.1, -0.05) is 66.7 Å². The molecule has 1 aliphatic heterocycles. The summed E-state index contributed by atoms with van der Waals surface area (Å²) in [7, 11) is 1.80. The van der Waals surface area contributed by atoms with Crippen LogP contribution in [0.4, 0.5) is 16.2 Å². The number of hydrogen-bond acceptors (Lipinski definition) is 9. The molecule has 0 saturated carbocycles. The van der Waals surface area contributed by atoms with Crippen LogP contribution in [0.2, 0.25) is 0 Å². The van der Waals surface area contributed by atoms with E-state index >= 15 is 0 Å². The monoisotopic (exact) mass is 802 g/mol. The average Bonchev–Trinajstić information content (AvgIpc) is 3.23. The molecule has 310 valence electrons. The predicted molar refractivity (Wildman–Crippen MR) is 230 cm³/mol. The maximum absolute atomic E-state index is 12.9. The minimum atomic E-state index is -0.865. The van der Waals surface area contributed by atoms with Gasteiger partial charge in [0.2, 0.25) is 17.4 Å². The zero-order chi connectivity index (χ0) is 41.7. The van der Waals surface area contributed by atoms with Gasteiger partial charge in [-0.05, 0) is 79.1 Å². The Morgan fingerprint density at radius 2 is 1.66 bits per heavy atom. The van der Waals surface area contributed by atoms with Crippen molar-refractivity contribution in [1.29, 1.82) is 0 Å². The molecule has 6 N–H and O–H groups in total. The smallest absolute Gasteiger partial charge is 0.411 e. The highest BCUT2D eigenvalue weighted by molar-refractivity contribution is 5.92. The Labute approximate surface area is 344 Å². The van der Waals surface area contributed by atoms with E-state index in [2.05, 4.69) is 25.8 Å². The molecule has 2 heterocycles. The molecule has 1 saturated heterocycles. The number of carbonyl (C=O) groups excluding carboxylic acids is 3. The van der Waals surface area contributed by atoms with Crippen LogP contribution < -0.4 is 21.5 Å². The van der Waals surface area contributed by atoms with Gasteiger partial charge in [0.15, 0.2) is 0 Å². The molecule has 1 fully saturated rings. The first kappa shape index (κ1) is 42.6. The minimum Gasteiger partial charge on any atom is -0.506 e. The number of nitrogens with one attached hydrogen (secondary N) is 4. The van der Waals surface area contributed by atoms with Crippen molar-refractivity contribution in [1.82, 2.24) is 20.1 Å². The number of phenolic OH excluding ortho intramolecular Hbond substituents is 1. The highest BCUT2D eigenvalue weighted by Gasteiger charge is 2.24. The molecule has 1 atom stereocenters. The summed E-state index contributed by atoms with van der Waals surface area (Å²) in [5, 5.41) is 30.7. The zero-order valence-corrected chi connectivity index (χ0v) is 33.7. The third-order valence-electron chi connectivity index (χ3n) is 10.8. The van der Waals surface area contributed by atoms with E-state index in [-0.39, 0.29) is 35.8 Å². The number of aliphatic hydroxyl groups is 1. The molecule has 3 amide bonds. The van der Waals surface area contributed by atoms with Crippen LogP contribution in [-0.2, 0) is 20.9 Å². The number of aryl methyl sites for hydroxylation is 1. The summed E-state index contributed by atoms with van der Waals surface area (Å²) < 4.78 is 5.76. The van der Waals surface area contributed by atoms with Crippen molar-refractivity contribution in [3.63, 3.8) is 0 Å². The van der Waals surface area contributed by atoms with Crippen molar-refractivity contribution in [2.75, 3.05) is 50.4 Å². The summed E-state index contributed by atoms with van der Waals surface area (Å²) in [4.78, 5) is 56.7. The number of piperidine rings is 1. The van der Waals surface area contributed by atoms with Gasteiger partial charge in [0.05, 0.1) is 17.3 Å². The number of pyridine rings is 1. The van der Waals surface area contributed by atoms with E-state index in [1.54, 1.807) is 24.1 Å². The van der Waals surface area contributed by atoms with E-state index in [1.807, 2.05) is 79.7 Å². The lowest BCUT2D eigenvalue weighted by Crippen LogP contribution is -2.40. The van der Waals surface area contributed by atoms with Gasteiger partial charge in [0.25, 0.3) is 0 Å². The van der Waals surface area contributed by atoms with Gasteiger partial charge in [-0.15, -0.1) is 0 Å². The zero-order valence-electron chi connectivity index (χ0n) is 33.7. The normalized spacial score (nSPS) is 13.8. The number of ether oxygens (including phenoxy) is 1. The summed E-state index contributed by atoms with van der Waals surface area (Å²) in [5.74, 6) is -0.0744. The number of aromatic nitrogens is 1. The lowest BCUT2D eigenvalue weighted by molar-refractivity contribution is -0.130. The van der Waals surface area contributed by atoms with Crippen LogP contribution in [0.25, 0.3) is 22.0 Å². The van der Waals surface area contributed by atoms with Gasteiger partial charge in [-0.25, -0.2) is 4.79 Å². The number of carbonyl (C=O) groups is 3. The van der Waals surface area contributed by atoms with Gasteiger partial charge in [-0.3, -0.25) is 19.7 Å². The topological polar surface area (TPSA) is 176 Å². The van der Waals surface area contributed by atoms with Crippen molar-refractivity contribution in [2.24, 2.45) is 0 Å². The van der Waals surface area contributed by atoms with E-state index in [4.69, 9.17) is 4.74 Å². The van der Waals surface area contributed by atoms with Gasteiger partial charge in [0.1, 0.15) is 11.9 Å². The number of aromatic hydroxyl groups is 1. The van der Waals surface area contributed by atoms with Crippen LogP contribution in [0.5, 0.6) is 5.75 Å².